The second-order valence-corrected chi connectivity index (χ2v) is 5.58. The molecule has 1 nitrogen and oxygen atoms in total. The smallest absolute Gasteiger partial charge is 0.160 e. The van der Waals surface area contributed by atoms with Gasteiger partial charge in [-0.3, -0.25) is 0 Å². The van der Waals surface area contributed by atoms with Crippen LogP contribution in [0.5, 0.6) is 0 Å². The van der Waals surface area contributed by atoms with Crippen LogP contribution in [0.4, 0.5) is 14.5 Å². The first kappa shape index (κ1) is 11.7. The maximum Gasteiger partial charge on any atom is 0.160 e. The van der Waals surface area contributed by atoms with Crippen LogP contribution in [0.1, 0.15) is 19.8 Å². The average Bonchev–Trinajstić information content (AvgIpc) is 2.27. The van der Waals surface area contributed by atoms with E-state index in [1.165, 1.54) is 18.2 Å². The highest BCUT2D eigenvalue weighted by Gasteiger charge is 2.21. The summed E-state index contributed by atoms with van der Waals surface area (Å²) in [6.07, 6.45) is 2.27. The number of rotatable bonds is 2. The second-order valence-electron chi connectivity index (χ2n) is 4.10. The quantitative estimate of drug-likeness (QED) is 0.850. The highest BCUT2D eigenvalue weighted by Crippen LogP contribution is 2.28. The molecule has 0 radical (unpaired) electrons. The van der Waals surface area contributed by atoms with Gasteiger partial charge in [0.2, 0.25) is 0 Å². The molecule has 0 saturated carbocycles. The van der Waals surface area contributed by atoms with E-state index in [1.807, 2.05) is 11.8 Å². The molecule has 2 rings (SSSR count). The van der Waals surface area contributed by atoms with Gasteiger partial charge in [-0.1, -0.05) is 6.92 Å². The molecule has 2 atom stereocenters. The van der Waals surface area contributed by atoms with Gasteiger partial charge in [0, 0.05) is 23.0 Å². The van der Waals surface area contributed by atoms with Crippen molar-refractivity contribution in [3.8, 4) is 0 Å². The second kappa shape index (κ2) is 5.04. The summed E-state index contributed by atoms with van der Waals surface area (Å²) in [7, 11) is 0. The van der Waals surface area contributed by atoms with Gasteiger partial charge in [-0.25, -0.2) is 8.78 Å². The molecule has 1 N–H and O–H groups in total. The van der Waals surface area contributed by atoms with E-state index in [2.05, 4.69) is 12.2 Å². The molecule has 88 valence electrons. The van der Waals surface area contributed by atoms with E-state index < -0.39 is 11.6 Å². The van der Waals surface area contributed by atoms with Gasteiger partial charge in [-0.2, -0.15) is 11.8 Å². The molecule has 2 unspecified atom stereocenters. The minimum absolute atomic E-state index is 0.351. The molecule has 1 fully saturated rings. The van der Waals surface area contributed by atoms with Crippen molar-refractivity contribution < 1.29 is 8.78 Å². The molecular formula is C12H15F2NS. The predicted octanol–water partition coefficient (Wildman–Crippen LogP) is 3.66. The zero-order chi connectivity index (χ0) is 11.5. The van der Waals surface area contributed by atoms with Crippen LogP contribution in [0.15, 0.2) is 18.2 Å². The summed E-state index contributed by atoms with van der Waals surface area (Å²) >= 11 is 1.92. The van der Waals surface area contributed by atoms with Crippen molar-refractivity contribution in [1.29, 1.82) is 0 Å². The Morgan fingerprint density at radius 3 is 2.81 bits per heavy atom. The number of nitrogens with one attached hydrogen (secondary N) is 1. The first-order valence-corrected chi connectivity index (χ1v) is 6.55. The summed E-state index contributed by atoms with van der Waals surface area (Å²) in [5.41, 5.74) is 0.665. The van der Waals surface area contributed by atoms with Gasteiger partial charge in [0.05, 0.1) is 0 Å². The zero-order valence-electron chi connectivity index (χ0n) is 9.17. The SMILES string of the molecule is CC1SCCCC1Nc1ccc(F)c(F)c1. The van der Waals surface area contributed by atoms with Crippen molar-refractivity contribution in [2.45, 2.75) is 31.1 Å². The Hall–Kier alpha value is -0.770. The standard InChI is InChI=1S/C12H15F2NS/c1-8-12(3-2-6-16-8)15-9-4-5-10(13)11(14)7-9/h4-5,7-8,12,15H,2-3,6H2,1H3. The number of hydrogen-bond acceptors (Lipinski definition) is 2. The van der Waals surface area contributed by atoms with E-state index in [9.17, 15) is 8.78 Å². The van der Waals surface area contributed by atoms with Crippen molar-refractivity contribution >= 4 is 17.4 Å². The summed E-state index contributed by atoms with van der Waals surface area (Å²) in [5, 5.41) is 3.79. The Bertz CT molecular complexity index is 370. The topological polar surface area (TPSA) is 12.0 Å². The lowest BCUT2D eigenvalue weighted by atomic mass is 10.1. The van der Waals surface area contributed by atoms with Gasteiger partial charge in [-0.05, 0) is 30.7 Å². The summed E-state index contributed by atoms with van der Waals surface area (Å²) in [4.78, 5) is 0. The van der Waals surface area contributed by atoms with Crippen LogP contribution < -0.4 is 5.32 Å². The van der Waals surface area contributed by atoms with Crippen LogP contribution in [0, 0.1) is 11.6 Å². The average molecular weight is 243 g/mol. The van der Waals surface area contributed by atoms with Crippen LogP contribution in [0.3, 0.4) is 0 Å². The summed E-state index contributed by atoms with van der Waals surface area (Å²) < 4.78 is 25.8. The summed E-state index contributed by atoms with van der Waals surface area (Å²) in [5.74, 6) is -0.394. The Kier molecular flexibility index (Phi) is 3.69. The van der Waals surface area contributed by atoms with E-state index in [-0.39, 0.29) is 0 Å². The highest BCUT2D eigenvalue weighted by atomic mass is 32.2. The minimum atomic E-state index is -0.795. The molecule has 4 heteroatoms. The van der Waals surface area contributed by atoms with Crippen molar-refractivity contribution in [3.05, 3.63) is 29.8 Å². The van der Waals surface area contributed by atoms with Crippen LogP contribution in [0.25, 0.3) is 0 Å². The Morgan fingerprint density at radius 2 is 2.12 bits per heavy atom. The van der Waals surface area contributed by atoms with E-state index in [0.29, 0.717) is 17.0 Å². The van der Waals surface area contributed by atoms with Crippen LogP contribution in [-0.2, 0) is 0 Å². The number of thioether (sulfide) groups is 1. The fourth-order valence-corrected chi connectivity index (χ4v) is 3.05. The summed E-state index contributed by atoms with van der Waals surface area (Å²) in [6, 6.07) is 4.33. The normalized spacial score (nSPS) is 25.4. The number of hydrogen-bond donors (Lipinski definition) is 1. The van der Waals surface area contributed by atoms with Gasteiger partial charge in [0.25, 0.3) is 0 Å². The van der Waals surface area contributed by atoms with E-state index in [4.69, 9.17) is 0 Å². The Balaban J connectivity index is 2.05. The zero-order valence-corrected chi connectivity index (χ0v) is 9.99. The maximum atomic E-state index is 13.0. The maximum absolute atomic E-state index is 13.0. The fraction of sp³-hybridized carbons (Fsp3) is 0.500. The highest BCUT2D eigenvalue weighted by molar-refractivity contribution is 8.00. The molecule has 1 aromatic carbocycles. The third-order valence-corrected chi connectivity index (χ3v) is 4.26. The lowest BCUT2D eigenvalue weighted by molar-refractivity contribution is 0.508. The molecule has 1 aromatic rings. The molecule has 1 aliphatic rings. The first-order chi connectivity index (χ1) is 7.66. The first-order valence-electron chi connectivity index (χ1n) is 5.50. The molecule has 0 spiro atoms. The molecule has 1 heterocycles. The molecule has 0 aliphatic carbocycles. The minimum Gasteiger partial charge on any atom is -0.381 e. The third-order valence-electron chi connectivity index (χ3n) is 2.88. The van der Waals surface area contributed by atoms with Gasteiger partial charge < -0.3 is 5.32 Å². The molecular weight excluding hydrogens is 228 g/mol. The molecule has 0 bridgehead atoms. The van der Waals surface area contributed by atoms with Gasteiger partial charge in [-0.15, -0.1) is 0 Å². The molecule has 0 amide bonds. The van der Waals surface area contributed by atoms with Crippen molar-refractivity contribution in [2.75, 3.05) is 11.1 Å². The fourth-order valence-electron chi connectivity index (χ4n) is 1.91. The van der Waals surface area contributed by atoms with E-state index in [1.54, 1.807) is 6.07 Å². The number of halogens is 2. The lowest BCUT2D eigenvalue weighted by Crippen LogP contribution is -2.32. The molecule has 1 aliphatic heterocycles. The molecule has 0 aromatic heterocycles. The number of anilines is 1. The third kappa shape index (κ3) is 2.67. The van der Waals surface area contributed by atoms with E-state index >= 15 is 0 Å². The Morgan fingerprint density at radius 1 is 1.31 bits per heavy atom. The molecule has 16 heavy (non-hydrogen) atoms. The Labute approximate surface area is 98.6 Å². The van der Waals surface area contributed by atoms with Crippen LogP contribution in [0.2, 0.25) is 0 Å². The molecule has 1 saturated heterocycles. The van der Waals surface area contributed by atoms with Crippen molar-refractivity contribution in [3.63, 3.8) is 0 Å². The number of benzene rings is 1. The van der Waals surface area contributed by atoms with Crippen molar-refractivity contribution in [2.24, 2.45) is 0 Å². The van der Waals surface area contributed by atoms with Crippen molar-refractivity contribution in [1.82, 2.24) is 0 Å². The monoisotopic (exact) mass is 243 g/mol. The largest absolute Gasteiger partial charge is 0.381 e. The van der Waals surface area contributed by atoms with Gasteiger partial charge >= 0.3 is 0 Å². The van der Waals surface area contributed by atoms with E-state index in [0.717, 1.165) is 12.5 Å². The lowest BCUT2D eigenvalue weighted by Gasteiger charge is -2.29. The van der Waals surface area contributed by atoms with Crippen LogP contribution in [-0.4, -0.2) is 17.0 Å². The van der Waals surface area contributed by atoms with Gasteiger partial charge in [0.15, 0.2) is 11.6 Å². The predicted molar refractivity (Wildman–Crippen MR) is 64.9 cm³/mol. The van der Waals surface area contributed by atoms with Gasteiger partial charge in [0.1, 0.15) is 0 Å². The summed E-state index contributed by atoms with van der Waals surface area (Å²) in [6.45, 7) is 2.17. The van der Waals surface area contributed by atoms with Crippen LogP contribution >= 0.6 is 11.8 Å².